The zero-order valence-corrected chi connectivity index (χ0v) is 9.03. The van der Waals surface area contributed by atoms with E-state index in [1.54, 1.807) is 11.3 Å². The zero-order chi connectivity index (χ0) is 9.35. The summed E-state index contributed by atoms with van der Waals surface area (Å²) in [6, 6.07) is 2.13. The van der Waals surface area contributed by atoms with Crippen LogP contribution in [-0.2, 0) is 5.54 Å². The lowest BCUT2D eigenvalue weighted by molar-refractivity contribution is 0.356. The molecule has 0 bridgehead atoms. The van der Waals surface area contributed by atoms with Gasteiger partial charge in [-0.15, -0.1) is 11.3 Å². The predicted octanol–water partition coefficient (Wildman–Crippen LogP) is 2.89. The van der Waals surface area contributed by atoms with E-state index in [4.69, 9.17) is 5.73 Å². The first-order chi connectivity index (χ1) is 5.46. The summed E-state index contributed by atoms with van der Waals surface area (Å²) < 4.78 is 0. The maximum atomic E-state index is 6.24. The second-order valence-corrected chi connectivity index (χ2v) is 4.79. The molecule has 0 aliphatic carbocycles. The number of hydrogen-bond donors (Lipinski definition) is 1. The first-order valence-corrected chi connectivity index (χ1v) is 5.17. The van der Waals surface area contributed by atoms with Crippen molar-refractivity contribution in [3.8, 4) is 0 Å². The second kappa shape index (κ2) is 3.19. The SMILES string of the molecule is Cc1ccsc1[C@](C)(N)C(C)C. The Morgan fingerprint density at radius 3 is 2.42 bits per heavy atom. The fourth-order valence-electron chi connectivity index (χ4n) is 1.19. The molecule has 68 valence electrons. The lowest BCUT2D eigenvalue weighted by atomic mass is 9.86. The maximum absolute atomic E-state index is 6.24. The van der Waals surface area contributed by atoms with Crippen LogP contribution in [0.2, 0.25) is 0 Å². The molecule has 0 aromatic carbocycles. The van der Waals surface area contributed by atoms with Crippen LogP contribution in [0.1, 0.15) is 31.2 Å². The van der Waals surface area contributed by atoms with Crippen molar-refractivity contribution in [3.63, 3.8) is 0 Å². The van der Waals surface area contributed by atoms with Gasteiger partial charge in [-0.25, -0.2) is 0 Å². The third kappa shape index (κ3) is 1.54. The van der Waals surface area contributed by atoms with Crippen LogP contribution >= 0.6 is 11.3 Å². The van der Waals surface area contributed by atoms with Gasteiger partial charge in [0.2, 0.25) is 0 Å². The minimum atomic E-state index is -0.168. The van der Waals surface area contributed by atoms with Crippen LogP contribution in [0.5, 0.6) is 0 Å². The van der Waals surface area contributed by atoms with Crippen LogP contribution in [0, 0.1) is 12.8 Å². The predicted molar refractivity (Wildman–Crippen MR) is 55.4 cm³/mol. The summed E-state index contributed by atoms with van der Waals surface area (Å²) in [6.45, 7) is 8.56. The molecule has 12 heavy (non-hydrogen) atoms. The molecule has 0 spiro atoms. The topological polar surface area (TPSA) is 26.0 Å². The van der Waals surface area contributed by atoms with Gasteiger partial charge in [-0.2, -0.15) is 0 Å². The molecule has 1 rings (SSSR count). The third-order valence-corrected chi connectivity index (χ3v) is 3.82. The van der Waals surface area contributed by atoms with Crippen molar-refractivity contribution in [2.45, 2.75) is 33.2 Å². The van der Waals surface area contributed by atoms with Crippen molar-refractivity contribution < 1.29 is 0 Å². The standard InChI is InChI=1S/C10H17NS/c1-7(2)10(4,11)9-8(3)5-6-12-9/h5-7H,11H2,1-4H3/t10-/m1/s1. The Bertz CT molecular complexity index is 261. The molecule has 0 saturated heterocycles. The molecular formula is C10H17NS. The van der Waals surface area contributed by atoms with Crippen molar-refractivity contribution in [2.24, 2.45) is 11.7 Å². The Morgan fingerprint density at radius 1 is 1.50 bits per heavy atom. The highest BCUT2D eigenvalue weighted by atomic mass is 32.1. The Balaban J connectivity index is 3.05. The van der Waals surface area contributed by atoms with E-state index in [1.807, 2.05) is 0 Å². The van der Waals surface area contributed by atoms with Gasteiger partial charge in [0.25, 0.3) is 0 Å². The molecule has 1 heterocycles. The van der Waals surface area contributed by atoms with Crippen molar-refractivity contribution in [1.29, 1.82) is 0 Å². The summed E-state index contributed by atoms with van der Waals surface area (Å²) in [5.41, 5.74) is 7.39. The number of aryl methyl sites for hydroxylation is 1. The molecule has 2 heteroatoms. The summed E-state index contributed by atoms with van der Waals surface area (Å²) in [5.74, 6) is 0.481. The van der Waals surface area contributed by atoms with Crippen LogP contribution in [-0.4, -0.2) is 0 Å². The summed E-state index contributed by atoms with van der Waals surface area (Å²) >= 11 is 1.76. The Kier molecular flexibility index (Phi) is 2.59. The van der Waals surface area contributed by atoms with Crippen LogP contribution in [0.4, 0.5) is 0 Å². The van der Waals surface area contributed by atoms with E-state index in [9.17, 15) is 0 Å². The van der Waals surface area contributed by atoms with Crippen molar-refractivity contribution in [1.82, 2.24) is 0 Å². The molecule has 1 aromatic heterocycles. The van der Waals surface area contributed by atoms with Crippen molar-refractivity contribution >= 4 is 11.3 Å². The van der Waals surface area contributed by atoms with Crippen LogP contribution in [0.25, 0.3) is 0 Å². The molecule has 0 saturated carbocycles. The molecule has 2 N–H and O–H groups in total. The summed E-state index contributed by atoms with van der Waals surface area (Å²) in [7, 11) is 0. The minimum Gasteiger partial charge on any atom is -0.321 e. The summed E-state index contributed by atoms with van der Waals surface area (Å²) in [4.78, 5) is 1.32. The molecule has 0 aliphatic heterocycles. The molecule has 0 amide bonds. The number of rotatable bonds is 2. The van der Waals surface area contributed by atoms with Gasteiger partial charge in [0.1, 0.15) is 0 Å². The molecule has 0 fully saturated rings. The zero-order valence-electron chi connectivity index (χ0n) is 8.22. The van der Waals surface area contributed by atoms with E-state index in [1.165, 1.54) is 10.4 Å². The number of hydrogen-bond acceptors (Lipinski definition) is 2. The Labute approximate surface area is 78.6 Å². The van der Waals surface area contributed by atoms with Crippen molar-refractivity contribution in [3.05, 3.63) is 21.9 Å². The van der Waals surface area contributed by atoms with Gasteiger partial charge in [0.15, 0.2) is 0 Å². The van der Waals surface area contributed by atoms with E-state index in [2.05, 4.69) is 39.1 Å². The van der Waals surface area contributed by atoms with Crippen LogP contribution in [0.15, 0.2) is 11.4 Å². The summed E-state index contributed by atoms with van der Waals surface area (Å²) in [5, 5.41) is 2.11. The Hall–Kier alpha value is -0.340. The maximum Gasteiger partial charge on any atom is 0.0501 e. The second-order valence-electron chi connectivity index (χ2n) is 3.87. The lowest BCUT2D eigenvalue weighted by Crippen LogP contribution is -2.38. The highest BCUT2D eigenvalue weighted by molar-refractivity contribution is 7.10. The van der Waals surface area contributed by atoms with Crippen LogP contribution in [0.3, 0.4) is 0 Å². The Morgan fingerprint density at radius 2 is 2.08 bits per heavy atom. The van der Waals surface area contributed by atoms with E-state index >= 15 is 0 Å². The molecule has 1 aromatic rings. The number of nitrogens with two attached hydrogens (primary N) is 1. The smallest absolute Gasteiger partial charge is 0.0501 e. The molecule has 1 atom stereocenters. The van der Waals surface area contributed by atoms with E-state index in [-0.39, 0.29) is 5.54 Å². The average molecular weight is 183 g/mol. The number of thiophene rings is 1. The van der Waals surface area contributed by atoms with E-state index in [0.717, 1.165) is 0 Å². The fraction of sp³-hybridized carbons (Fsp3) is 0.600. The minimum absolute atomic E-state index is 0.168. The monoisotopic (exact) mass is 183 g/mol. The van der Waals surface area contributed by atoms with Crippen molar-refractivity contribution in [2.75, 3.05) is 0 Å². The normalized spacial score (nSPS) is 16.5. The van der Waals surface area contributed by atoms with Crippen LogP contribution < -0.4 is 5.73 Å². The van der Waals surface area contributed by atoms with Gasteiger partial charge in [-0.05, 0) is 36.8 Å². The average Bonchev–Trinajstić information content (AvgIpc) is 2.35. The molecule has 0 radical (unpaired) electrons. The van der Waals surface area contributed by atoms with Gasteiger partial charge >= 0.3 is 0 Å². The van der Waals surface area contributed by atoms with Gasteiger partial charge in [-0.1, -0.05) is 13.8 Å². The lowest BCUT2D eigenvalue weighted by Gasteiger charge is -2.28. The first kappa shape index (κ1) is 9.75. The molecular weight excluding hydrogens is 166 g/mol. The molecule has 1 nitrogen and oxygen atoms in total. The summed E-state index contributed by atoms with van der Waals surface area (Å²) in [6.07, 6.45) is 0. The van der Waals surface area contributed by atoms with E-state index in [0.29, 0.717) is 5.92 Å². The molecule has 0 unspecified atom stereocenters. The molecule has 0 aliphatic rings. The highest BCUT2D eigenvalue weighted by Gasteiger charge is 2.27. The third-order valence-electron chi connectivity index (χ3n) is 2.55. The fourth-order valence-corrected chi connectivity index (χ4v) is 2.34. The van der Waals surface area contributed by atoms with Gasteiger partial charge in [-0.3, -0.25) is 0 Å². The largest absolute Gasteiger partial charge is 0.321 e. The van der Waals surface area contributed by atoms with Gasteiger partial charge in [0.05, 0.1) is 5.54 Å². The van der Waals surface area contributed by atoms with Gasteiger partial charge in [0, 0.05) is 4.88 Å². The van der Waals surface area contributed by atoms with E-state index < -0.39 is 0 Å². The van der Waals surface area contributed by atoms with Gasteiger partial charge < -0.3 is 5.73 Å². The quantitative estimate of drug-likeness (QED) is 0.749. The first-order valence-electron chi connectivity index (χ1n) is 4.29. The highest BCUT2D eigenvalue weighted by Crippen LogP contribution is 2.32.